The average Bonchev–Trinajstić information content (AvgIpc) is 3.08. The fraction of sp³-hybridized carbons (Fsp3) is 0.350. The molecule has 0 aliphatic carbocycles. The largest absolute Gasteiger partial charge is 0.493 e. The van der Waals surface area contributed by atoms with Crippen molar-refractivity contribution in [3.05, 3.63) is 52.4 Å². The molecule has 0 atom stereocenters. The summed E-state index contributed by atoms with van der Waals surface area (Å²) >= 11 is 0. The van der Waals surface area contributed by atoms with E-state index in [0.717, 1.165) is 5.56 Å². The summed E-state index contributed by atoms with van der Waals surface area (Å²) in [5.74, 6) is 1.17. The Kier molecular flexibility index (Phi) is 5.54. The van der Waals surface area contributed by atoms with Crippen LogP contribution in [0.1, 0.15) is 5.56 Å². The molecule has 0 saturated carbocycles. The lowest BCUT2D eigenvalue weighted by Gasteiger charge is -2.26. The van der Waals surface area contributed by atoms with Crippen LogP contribution in [0.4, 0.5) is 0 Å². The average molecular weight is 433 g/mol. The van der Waals surface area contributed by atoms with Crippen LogP contribution >= 0.6 is 0 Å². The Morgan fingerprint density at radius 2 is 1.77 bits per heavy atom. The maximum Gasteiger partial charge on any atom is 0.326 e. The molecule has 1 N–H and O–H groups in total. The van der Waals surface area contributed by atoms with Crippen molar-refractivity contribution in [2.75, 3.05) is 40.5 Å². The van der Waals surface area contributed by atoms with Gasteiger partial charge < -0.3 is 19.2 Å². The number of hydrogen-bond acceptors (Lipinski definition) is 6. The highest BCUT2D eigenvalue weighted by atomic mass is 32.2. The standard InChI is InChI=1S/C20H23N3O6S/c1-27-18-6-3-14(11-19(18)28-2)13-23-17-5-4-15(12-16(17)21-20(23)24)30(25,26)22-7-9-29-10-8-22/h3-6,11-12H,7-10,13H2,1-2H3,(H,21,24). The highest BCUT2D eigenvalue weighted by Gasteiger charge is 2.27. The topological polar surface area (TPSA) is 103 Å². The van der Waals surface area contributed by atoms with Crippen LogP contribution in [0.25, 0.3) is 11.0 Å². The normalized spacial score (nSPS) is 15.4. The van der Waals surface area contributed by atoms with E-state index in [4.69, 9.17) is 14.2 Å². The minimum Gasteiger partial charge on any atom is -0.493 e. The van der Waals surface area contributed by atoms with Gasteiger partial charge in [-0.3, -0.25) is 4.57 Å². The third-order valence-electron chi connectivity index (χ3n) is 5.14. The summed E-state index contributed by atoms with van der Waals surface area (Å²) in [7, 11) is -0.530. The third-order valence-corrected chi connectivity index (χ3v) is 7.04. The van der Waals surface area contributed by atoms with Crippen LogP contribution in [-0.4, -0.2) is 62.8 Å². The predicted molar refractivity (Wildman–Crippen MR) is 111 cm³/mol. The number of hydrogen-bond donors (Lipinski definition) is 1. The van der Waals surface area contributed by atoms with Gasteiger partial charge in [0.2, 0.25) is 10.0 Å². The van der Waals surface area contributed by atoms with Gasteiger partial charge in [0.15, 0.2) is 11.5 Å². The number of ether oxygens (including phenoxy) is 3. The number of nitrogens with one attached hydrogen (secondary N) is 1. The second-order valence-corrected chi connectivity index (χ2v) is 8.84. The van der Waals surface area contributed by atoms with Gasteiger partial charge in [-0.05, 0) is 35.9 Å². The Morgan fingerprint density at radius 1 is 1.03 bits per heavy atom. The van der Waals surface area contributed by atoms with E-state index in [2.05, 4.69) is 4.98 Å². The Hall–Kier alpha value is -2.82. The van der Waals surface area contributed by atoms with Gasteiger partial charge in [-0.1, -0.05) is 6.07 Å². The summed E-state index contributed by atoms with van der Waals surface area (Å²) in [4.78, 5) is 15.5. The molecule has 1 aliphatic rings. The molecular formula is C20H23N3O6S. The summed E-state index contributed by atoms with van der Waals surface area (Å²) in [6.07, 6.45) is 0. The van der Waals surface area contributed by atoms with Gasteiger partial charge >= 0.3 is 5.69 Å². The van der Waals surface area contributed by atoms with E-state index >= 15 is 0 Å². The molecule has 0 bridgehead atoms. The van der Waals surface area contributed by atoms with Gasteiger partial charge in [-0.15, -0.1) is 0 Å². The van der Waals surface area contributed by atoms with Crippen LogP contribution in [0.5, 0.6) is 11.5 Å². The first-order valence-electron chi connectivity index (χ1n) is 9.45. The number of nitrogens with zero attached hydrogens (tertiary/aromatic N) is 2. The molecule has 1 aromatic heterocycles. The molecule has 10 heteroatoms. The van der Waals surface area contributed by atoms with Crippen molar-refractivity contribution in [3.8, 4) is 11.5 Å². The lowest BCUT2D eigenvalue weighted by Crippen LogP contribution is -2.40. The highest BCUT2D eigenvalue weighted by Crippen LogP contribution is 2.28. The third kappa shape index (κ3) is 3.69. The number of rotatable bonds is 6. The molecule has 0 unspecified atom stereocenters. The number of morpholine rings is 1. The minimum atomic E-state index is -3.64. The second-order valence-electron chi connectivity index (χ2n) is 6.90. The zero-order valence-electron chi connectivity index (χ0n) is 16.8. The van der Waals surface area contributed by atoms with Gasteiger partial charge in [0.25, 0.3) is 0 Å². The summed E-state index contributed by atoms with van der Waals surface area (Å²) in [6.45, 7) is 1.68. The van der Waals surface area contributed by atoms with E-state index < -0.39 is 10.0 Å². The molecular weight excluding hydrogens is 410 g/mol. The molecule has 3 aromatic rings. The van der Waals surface area contributed by atoms with Gasteiger partial charge in [0, 0.05) is 13.1 Å². The van der Waals surface area contributed by atoms with Crippen molar-refractivity contribution >= 4 is 21.1 Å². The number of benzene rings is 2. The van der Waals surface area contributed by atoms with E-state index in [0.29, 0.717) is 55.4 Å². The highest BCUT2D eigenvalue weighted by molar-refractivity contribution is 7.89. The van der Waals surface area contributed by atoms with Crippen LogP contribution in [0.3, 0.4) is 0 Å². The van der Waals surface area contributed by atoms with E-state index in [-0.39, 0.29) is 10.6 Å². The summed E-state index contributed by atoms with van der Waals surface area (Å²) in [5, 5.41) is 0. The number of imidazole rings is 1. The van der Waals surface area contributed by atoms with Gasteiger partial charge in [-0.25, -0.2) is 13.2 Å². The molecule has 1 saturated heterocycles. The molecule has 30 heavy (non-hydrogen) atoms. The first-order chi connectivity index (χ1) is 14.4. The summed E-state index contributed by atoms with van der Waals surface area (Å²) < 4.78 is 44.5. The smallest absolute Gasteiger partial charge is 0.326 e. The first-order valence-corrected chi connectivity index (χ1v) is 10.9. The van der Waals surface area contributed by atoms with E-state index in [1.54, 1.807) is 37.0 Å². The number of methoxy groups -OCH3 is 2. The molecule has 0 radical (unpaired) electrons. The SMILES string of the molecule is COc1ccc(Cn2c(=O)[nH]c3cc(S(=O)(=O)N4CCOCC4)ccc32)cc1OC. The van der Waals surface area contributed by atoms with Gasteiger partial charge in [0.05, 0.1) is 49.9 Å². The summed E-state index contributed by atoms with van der Waals surface area (Å²) in [5.41, 5.74) is 1.62. The minimum absolute atomic E-state index is 0.149. The second kappa shape index (κ2) is 8.13. The fourth-order valence-corrected chi connectivity index (χ4v) is 4.99. The van der Waals surface area contributed by atoms with Crippen molar-refractivity contribution in [2.45, 2.75) is 11.4 Å². The molecule has 1 fully saturated rings. The lowest BCUT2D eigenvalue weighted by molar-refractivity contribution is 0.0730. The summed E-state index contributed by atoms with van der Waals surface area (Å²) in [6, 6.07) is 10.1. The van der Waals surface area contributed by atoms with Crippen LogP contribution in [0.15, 0.2) is 46.1 Å². The number of fused-ring (bicyclic) bond motifs is 1. The Labute approximate surface area is 173 Å². The van der Waals surface area contributed by atoms with Crippen molar-refractivity contribution in [1.82, 2.24) is 13.9 Å². The Morgan fingerprint density at radius 3 is 2.47 bits per heavy atom. The number of sulfonamides is 1. The van der Waals surface area contributed by atoms with Crippen molar-refractivity contribution in [2.24, 2.45) is 0 Å². The van der Waals surface area contributed by atoms with Crippen LogP contribution in [0.2, 0.25) is 0 Å². The number of H-pyrrole nitrogens is 1. The van der Waals surface area contributed by atoms with Gasteiger partial charge in [0.1, 0.15) is 0 Å². The van der Waals surface area contributed by atoms with Gasteiger partial charge in [-0.2, -0.15) is 4.31 Å². The Balaban J connectivity index is 1.68. The van der Waals surface area contributed by atoms with Crippen LogP contribution in [0, 0.1) is 0 Å². The molecule has 4 rings (SSSR count). The molecule has 1 aliphatic heterocycles. The van der Waals surface area contributed by atoms with E-state index in [1.807, 2.05) is 6.07 Å². The predicted octanol–water partition coefficient (Wildman–Crippen LogP) is 1.42. The van der Waals surface area contributed by atoms with Crippen molar-refractivity contribution in [1.29, 1.82) is 0 Å². The molecule has 0 amide bonds. The van der Waals surface area contributed by atoms with Crippen molar-refractivity contribution in [3.63, 3.8) is 0 Å². The first kappa shape index (κ1) is 20.5. The quantitative estimate of drug-likeness (QED) is 0.631. The molecule has 0 spiro atoms. The maximum absolute atomic E-state index is 12.9. The molecule has 2 heterocycles. The molecule has 160 valence electrons. The maximum atomic E-state index is 12.9. The fourth-order valence-electron chi connectivity index (χ4n) is 3.56. The van der Waals surface area contributed by atoms with Crippen molar-refractivity contribution < 1.29 is 22.6 Å². The number of aromatic nitrogens is 2. The monoisotopic (exact) mass is 433 g/mol. The zero-order chi connectivity index (χ0) is 21.3. The lowest BCUT2D eigenvalue weighted by atomic mass is 10.2. The van der Waals surface area contributed by atoms with E-state index in [9.17, 15) is 13.2 Å². The molecule has 9 nitrogen and oxygen atoms in total. The molecule has 2 aromatic carbocycles. The van der Waals surface area contributed by atoms with Crippen LogP contribution < -0.4 is 15.2 Å². The Bertz CT molecular complexity index is 1230. The van der Waals surface area contributed by atoms with E-state index in [1.165, 1.54) is 16.4 Å². The number of aromatic amines is 1. The van der Waals surface area contributed by atoms with Crippen LogP contribution in [-0.2, 0) is 21.3 Å². The zero-order valence-corrected chi connectivity index (χ0v) is 17.6.